The number of carbonyl (C=O) groups is 1. The van der Waals surface area contributed by atoms with Crippen molar-refractivity contribution in [2.45, 2.75) is 12.3 Å². The molecule has 0 radical (unpaired) electrons. The Morgan fingerprint density at radius 2 is 2.29 bits per heavy atom. The summed E-state index contributed by atoms with van der Waals surface area (Å²) in [5.74, 6) is -1.06. The quantitative estimate of drug-likeness (QED) is 0.824. The molecule has 0 aliphatic heterocycles. The van der Waals surface area contributed by atoms with Crippen molar-refractivity contribution in [1.29, 1.82) is 5.26 Å². The Morgan fingerprint density at radius 1 is 1.64 bits per heavy atom. The standard InChI is InChI=1S/C10H8BrNO2/c1-6-2-7(4-11)3-8(10(13)14)9(6)5-12/h2-3H,4H2,1H3,(H,13,14). The number of benzene rings is 1. The molecule has 0 amide bonds. The molecule has 0 atom stereocenters. The lowest BCUT2D eigenvalue weighted by Gasteiger charge is -2.05. The molecule has 4 heteroatoms. The molecule has 0 aliphatic carbocycles. The molecule has 0 bridgehead atoms. The third kappa shape index (κ3) is 1.94. The molecule has 0 spiro atoms. The average Bonchev–Trinajstić information content (AvgIpc) is 2.16. The molecule has 1 rings (SSSR count). The van der Waals surface area contributed by atoms with E-state index in [0.717, 1.165) is 5.56 Å². The van der Waals surface area contributed by atoms with Crippen LogP contribution in [0.5, 0.6) is 0 Å². The zero-order chi connectivity index (χ0) is 10.7. The lowest BCUT2D eigenvalue weighted by molar-refractivity contribution is 0.0696. The fraction of sp³-hybridized carbons (Fsp3) is 0.200. The highest BCUT2D eigenvalue weighted by atomic mass is 79.9. The van der Waals surface area contributed by atoms with Crippen molar-refractivity contribution in [2.24, 2.45) is 0 Å². The number of alkyl halides is 1. The van der Waals surface area contributed by atoms with E-state index in [2.05, 4.69) is 15.9 Å². The molecule has 0 fully saturated rings. The number of nitriles is 1. The molecule has 0 aromatic heterocycles. The van der Waals surface area contributed by atoms with Gasteiger partial charge >= 0.3 is 5.97 Å². The van der Waals surface area contributed by atoms with Gasteiger partial charge in [-0.2, -0.15) is 5.26 Å². The van der Waals surface area contributed by atoms with Gasteiger partial charge in [-0.25, -0.2) is 4.79 Å². The summed E-state index contributed by atoms with van der Waals surface area (Å²) in [4.78, 5) is 10.8. The van der Waals surface area contributed by atoms with Crippen molar-refractivity contribution in [1.82, 2.24) is 0 Å². The molecule has 1 aromatic carbocycles. The molecule has 3 nitrogen and oxygen atoms in total. The van der Waals surface area contributed by atoms with E-state index >= 15 is 0 Å². The van der Waals surface area contributed by atoms with Gasteiger partial charge in [0.05, 0.1) is 11.1 Å². The normalized spacial score (nSPS) is 9.50. The summed E-state index contributed by atoms with van der Waals surface area (Å²) in [6.45, 7) is 1.73. The second-order valence-corrected chi connectivity index (χ2v) is 3.45. The van der Waals surface area contributed by atoms with Crippen LogP contribution in [0.2, 0.25) is 0 Å². The van der Waals surface area contributed by atoms with Crippen LogP contribution in [0.4, 0.5) is 0 Å². The third-order valence-electron chi connectivity index (χ3n) is 1.89. The number of carboxylic acids is 1. The molecule has 0 heterocycles. The van der Waals surface area contributed by atoms with E-state index in [9.17, 15) is 4.79 Å². The second-order valence-electron chi connectivity index (χ2n) is 2.89. The highest BCUT2D eigenvalue weighted by molar-refractivity contribution is 9.08. The first kappa shape index (κ1) is 10.7. The Labute approximate surface area is 90.1 Å². The zero-order valence-corrected chi connectivity index (χ0v) is 9.13. The molecule has 0 unspecified atom stereocenters. The molecule has 0 saturated heterocycles. The predicted octanol–water partition coefficient (Wildman–Crippen LogP) is 2.46. The summed E-state index contributed by atoms with van der Waals surface area (Å²) in [7, 11) is 0. The van der Waals surface area contributed by atoms with E-state index in [1.165, 1.54) is 6.07 Å². The monoisotopic (exact) mass is 253 g/mol. The largest absolute Gasteiger partial charge is 0.478 e. The van der Waals surface area contributed by atoms with E-state index in [1.807, 2.05) is 6.07 Å². The van der Waals surface area contributed by atoms with E-state index < -0.39 is 5.97 Å². The average molecular weight is 254 g/mol. The summed E-state index contributed by atoms with van der Waals surface area (Å²) in [6, 6.07) is 5.22. The maximum Gasteiger partial charge on any atom is 0.337 e. The first-order valence-electron chi connectivity index (χ1n) is 3.93. The van der Waals surface area contributed by atoms with Crippen molar-refractivity contribution in [3.63, 3.8) is 0 Å². The van der Waals surface area contributed by atoms with Crippen LogP contribution in [0.15, 0.2) is 12.1 Å². The van der Waals surface area contributed by atoms with Gasteiger partial charge in [-0.05, 0) is 24.1 Å². The predicted molar refractivity (Wildman–Crippen MR) is 55.5 cm³/mol. The summed E-state index contributed by atoms with van der Waals surface area (Å²) in [6.07, 6.45) is 0. The minimum atomic E-state index is -1.06. The Kier molecular flexibility index (Phi) is 3.26. The Balaban J connectivity index is 3.45. The van der Waals surface area contributed by atoms with Crippen LogP contribution >= 0.6 is 15.9 Å². The third-order valence-corrected chi connectivity index (χ3v) is 2.54. The Morgan fingerprint density at radius 3 is 2.71 bits per heavy atom. The number of hydrogen-bond acceptors (Lipinski definition) is 2. The zero-order valence-electron chi connectivity index (χ0n) is 7.54. The first-order chi connectivity index (χ1) is 6.60. The van der Waals surface area contributed by atoms with E-state index in [1.54, 1.807) is 13.0 Å². The number of carboxylic acid groups (broad SMARTS) is 1. The smallest absolute Gasteiger partial charge is 0.337 e. The van der Waals surface area contributed by atoms with Crippen LogP contribution in [-0.2, 0) is 5.33 Å². The molecular formula is C10H8BrNO2. The SMILES string of the molecule is Cc1cc(CBr)cc(C(=O)O)c1C#N. The van der Waals surface area contributed by atoms with E-state index in [0.29, 0.717) is 10.9 Å². The molecular weight excluding hydrogens is 246 g/mol. The van der Waals surface area contributed by atoms with Gasteiger partial charge < -0.3 is 5.11 Å². The molecule has 14 heavy (non-hydrogen) atoms. The van der Waals surface area contributed by atoms with Gasteiger partial charge in [0, 0.05) is 5.33 Å². The second kappa shape index (κ2) is 4.25. The maximum absolute atomic E-state index is 10.8. The number of rotatable bonds is 2. The number of hydrogen-bond donors (Lipinski definition) is 1. The lowest BCUT2D eigenvalue weighted by atomic mass is 10.00. The highest BCUT2D eigenvalue weighted by Gasteiger charge is 2.13. The van der Waals surface area contributed by atoms with Crippen molar-refractivity contribution in [3.8, 4) is 6.07 Å². The van der Waals surface area contributed by atoms with E-state index in [4.69, 9.17) is 10.4 Å². The number of aryl methyl sites for hydroxylation is 1. The molecule has 1 aromatic rings. The molecule has 72 valence electrons. The maximum atomic E-state index is 10.8. The van der Waals surface area contributed by atoms with Crippen LogP contribution in [0, 0.1) is 18.3 Å². The number of nitrogens with zero attached hydrogens (tertiary/aromatic N) is 1. The van der Waals surface area contributed by atoms with Crippen molar-refractivity contribution < 1.29 is 9.90 Å². The van der Waals surface area contributed by atoms with Gasteiger partial charge in [0.15, 0.2) is 0 Å². The van der Waals surface area contributed by atoms with Gasteiger partial charge in [0.2, 0.25) is 0 Å². The van der Waals surface area contributed by atoms with Gasteiger partial charge in [0.1, 0.15) is 6.07 Å². The fourth-order valence-electron chi connectivity index (χ4n) is 1.26. The lowest BCUT2D eigenvalue weighted by Crippen LogP contribution is -2.03. The first-order valence-corrected chi connectivity index (χ1v) is 5.05. The minimum Gasteiger partial charge on any atom is -0.478 e. The summed E-state index contributed by atoms with van der Waals surface area (Å²) in [5, 5.41) is 18.2. The molecule has 0 saturated carbocycles. The van der Waals surface area contributed by atoms with Crippen LogP contribution < -0.4 is 0 Å². The summed E-state index contributed by atoms with van der Waals surface area (Å²) in [5.41, 5.74) is 1.87. The van der Waals surface area contributed by atoms with E-state index in [-0.39, 0.29) is 11.1 Å². The molecule has 0 aliphatic rings. The van der Waals surface area contributed by atoms with Gasteiger partial charge in [-0.15, -0.1) is 0 Å². The van der Waals surface area contributed by atoms with Crippen LogP contribution in [0.3, 0.4) is 0 Å². The van der Waals surface area contributed by atoms with Gasteiger partial charge in [-0.1, -0.05) is 22.0 Å². The fourth-order valence-corrected chi connectivity index (χ4v) is 1.58. The Bertz CT molecular complexity index is 421. The summed E-state index contributed by atoms with van der Waals surface area (Å²) < 4.78 is 0. The van der Waals surface area contributed by atoms with Gasteiger partial charge in [0.25, 0.3) is 0 Å². The highest BCUT2D eigenvalue weighted by Crippen LogP contribution is 2.18. The summed E-state index contributed by atoms with van der Waals surface area (Å²) >= 11 is 3.25. The van der Waals surface area contributed by atoms with Gasteiger partial charge in [-0.3, -0.25) is 0 Å². The van der Waals surface area contributed by atoms with Crippen LogP contribution in [0.1, 0.15) is 27.0 Å². The van der Waals surface area contributed by atoms with Crippen LogP contribution in [0.25, 0.3) is 0 Å². The topological polar surface area (TPSA) is 61.1 Å². The number of halogens is 1. The minimum absolute atomic E-state index is 0.0713. The van der Waals surface area contributed by atoms with Crippen LogP contribution in [-0.4, -0.2) is 11.1 Å². The van der Waals surface area contributed by atoms with Crippen molar-refractivity contribution in [2.75, 3.05) is 0 Å². The van der Waals surface area contributed by atoms with Crippen molar-refractivity contribution >= 4 is 21.9 Å². The van der Waals surface area contributed by atoms with Crippen molar-refractivity contribution in [3.05, 3.63) is 34.4 Å². The Hall–Kier alpha value is -1.34. The number of aromatic carboxylic acids is 1. The molecule has 1 N–H and O–H groups in total.